The van der Waals surface area contributed by atoms with Gasteiger partial charge in [-0.2, -0.15) is 0 Å². The second kappa shape index (κ2) is 11.9. The average molecular weight is 529 g/mol. The number of hydrogen-bond donors (Lipinski definition) is 3. The van der Waals surface area contributed by atoms with Gasteiger partial charge in [-0.3, -0.25) is 0 Å². The molecule has 0 aromatic heterocycles. The van der Waals surface area contributed by atoms with E-state index in [4.69, 9.17) is 25.8 Å². The second-order valence-corrected chi connectivity index (χ2v) is 10.4. The predicted molar refractivity (Wildman–Crippen MR) is 142 cm³/mol. The molecule has 0 spiro atoms. The Morgan fingerprint density at radius 2 is 1.73 bits per heavy atom. The van der Waals surface area contributed by atoms with Gasteiger partial charge in [0.05, 0.1) is 24.8 Å². The summed E-state index contributed by atoms with van der Waals surface area (Å²) in [6, 6.07) is 14.2. The number of benzene rings is 3. The zero-order valence-corrected chi connectivity index (χ0v) is 22.4. The minimum absolute atomic E-state index is 0.00254. The third kappa shape index (κ3) is 6.74. The Morgan fingerprint density at radius 1 is 1.05 bits per heavy atom. The Bertz CT molecular complexity index is 1250. The molecule has 0 aliphatic rings. The Morgan fingerprint density at radius 3 is 2.30 bits per heavy atom. The molecule has 0 bridgehead atoms. The van der Waals surface area contributed by atoms with Crippen molar-refractivity contribution in [3.8, 4) is 23.0 Å². The summed E-state index contributed by atoms with van der Waals surface area (Å²) in [5, 5.41) is 31.3. The SMILES string of the molecule is COc1c(C(O)CC(C)(C)C)ccc(Oc2c(OCc3ccccc3)cc(C)c(Cl)c2CO)c1C(=O)O. The molecule has 0 heterocycles. The number of ether oxygens (including phenoxy) is 3. The molecule has 3 rings (SSSR count). The van der Waals surface area contributed by atoms with Crippen LogP contribution in [-0.4, -0.2) is 28.4 Å². The number of hydrogen-bond acceptors (Lipinski definition) is 6. The molecule has 0 saturated heterocycles. The molecule has 3 aromatic rings. The molecule has 1 unspecified atom stereocenters. The number of carboxylic acid groups (broad SMARTS) is 1. The maximum atomic E-state index is 12.4. The van der Waals surface area contributed by atoms with Crippen LogP contribution in [0.15, 0.2) is 48.5 Å². The summed E-state index contributed by atoms with van der Waals surface area (Å²) in [6.45, 7) is 7.47. The minimum atomic E-state index is -1.30. The molecule has 37 heavy (non-hydrogen) atoms. The van der Waals surface area contributed by atoms with E-state index in [1.165, 1.54) is 13.2 Å². The lowest BCUT2D eigenvalue weighted by atomic mass is 9.86. The van der Waals surface area contributed by atoms with E-state index in [2.05, 4.69) is 0 Å². The topological polar surface area (TPSA) is 105 Å². The summed E-state index contributed by atoms with van der Waals surface area (Å²) < 4.78 is 17.6. The van der Waals surface area contributed by atoms with Gasteiger partial charge in [-0.05, 0) is 48.1 Å². The fourth-order valence-electron chi connectivity index (χ4n) is 4.06. The zero-order chi connectivity index (χ0) is 27.3. The fraction of sp³-hybridized carbons (Fsp3) is 0.345. The molecular formula is C29H33ClO7. The number of carboxylic acids is 1. The van der Waals surface area contributed by atoms with Gasteiger partial charge in [0.15, 0.2) is 11.5 Å². The summed E-state index contributed by atoms with van der Waals surface area (Å²) in [4.78, 5) is 12.4. The van der Waals surface area contributed by atoms with E-state index in [-0.39, 0.29) is 45.4 Å². The van der Waals surface area contributed by atoms with Crippen molar-refractivity contribution in [2.45, 2.75) is 53.4 Å². The molecule has 3 N–H and O–H groups in total. The lowest BCUT2D eigenvalue weighted by molar-refractivity contribution is 0.0689. The Hall–Kier alpha value is -3.26. The van der Waals surface area contributed by atoms with Gasteiger partial charge < -0.3 is 29.5 Å². The van der Waals surface area contributed by atoms with Gasteiger partial charge in [0.2, 0.25) is 0 Å². The van der Waals surface area contributed by atoms with Gasteiger partial charge in [-0.25, -0.2) is 4.79 Å². The van der Waals surface area contributed by atoms with Crippen LogP contribution in [0.2, 0.25) is 5.02 Å². The number of rotatable bonds is 10. The second-order valence-electron chi connectivity index (χ2n) is 9.99. The highest BCUT2D eigenvalue weighted by atomic mass is 35.5. The lowest BCUT2D eigenvalue weighted by Gasteiger charge is -2.25. The Balaban J connectivity index is 2.11. The summed E-state index contributed by atoms with van der Waals surface area (Å²) in [7, 11) is 1.34. The molecule has 0 fully saturated rings. The monoisotopic (exact) mass is 528 g/mol. The van der Waals surface area contributed by atoms with Gasteiger partial charge in [0, 0.05) is 11.1 Å². The summed E-state index contributed by atoms with van der Waals surface area (Å²) in [5.41, 5.74) is 1.71. The number of aliphatic hydroxyl groups is 2. The van der Waals surface area contributed by atoms with Crippen LogP contribution in [0.4, 0.5) is 0 Å². The first-order valence-corrected chi connectivity index (χ1v) is 12.2. The van der Waals surface area contributed by atoms with Gasteiger partial charge in [0.1, 0.15) is 23.7 Å². The van der Waals surface area contributed by atoms with Gasteiger partial charge in [-0.1, -0.05) is 62.7 Å². The average Bonchev–Trinajstić information content (AvgIpc) is 2.84. The molecule has 198 valence electrons. The molecule has 7 nitrogen and oxygen atoms in total. The van der Waals surface area contributed by atoms with Crippen molar-refractivity contribution >= 4 is 17.6 Å². The summed E-state index contributed by atoms with van der Waals surface area (Å²) in [6.07, 6.45) is -0.559. The third-order valence-corrected chi connectivity index (χ3v) is 6.32. The number of carbonyl (C=O) groups is 1. The number of aromatic carboxylic acids is 1. The Labute approximate surface area is 222 Å². The van der Waals surface area contributed by atoms with Crippen LogP contribution >= 0.6 is 11.6 Å². The standard InChI is InChI=1S/C29H33ClO7/c1-17-13-23(36-16-18-9-7-6-8-10-18)26(20(15-31)25(17)30)37-22-12-11-19(21(32)14-29(2,3)4)27(35-5)24(22)28(33)34/h6-13,21,31-32H,14-16H2,1-5H3,(H,33,34). The van der Waals surface area contributed by atoms with E-state index < -0.39 is 18.7 Å². The Kier molecular flexibility index (Phi) is 9.07. The van der Waals surface area contributed by atoms with Gasteiger partial charge in [-0.15, -0.1) is 0 Å². The van der Waals surface area contributed by atoms with E-state index in [9.17, 15) is 20.1 Å². The largest absolute Gasteiger partial charge is 0.495 e. The molecule has 3 aromatic carbocycles. The van der Waals surface area contributed by atoms with Crippen LogP contribution in [-0.2, 0) is 13.2 Å². The molecule has 1 atom stereocenters. The van der Waals surface area contributed by atoms with E-state index in [0.717, 1.165) is 5.56 Å². The van der Waals surface area contributed by atoms with Crippen molar-refractivity contribution < 1.29 is 34.3 Å². The molecular weight excluding hydrogens is 496 g/mol. The molecule has 0 radical (unpaired) electrons. The number of aryl methyl sites for hydroxylation is 1. The first-order chi connectivity index (χ1) is 17.5. The quantitative estimate of drug-likeness (QED) is 0.269. The third-order valence-electron chi connectivity index (χ3n) is 5.80. The van der Waals surface area contributed by atoms with Crippen LogP contribution in [0.5, 0.6) is 23.0 Å². The van der Waals surface area contributed by atoms with Crippen molar-refractivity contribution in [2.24, 2.45) is 5.41 Å². The first kappa shape index (κ1) is 28.3. The predicted octanol–water partition coefficient (Wildman–Crippen LogP) is 6.69. The molecule has 0 aliphatic carbocycles. The van der Waals surface area contributed by atoms with E-state index in [1.807, 2.05) is 51.1 Å². The van der Waals surface area contributed by atoms with Crippen molar-refractivity contribution in [2.75, 3.05) is 7.11 Å². The summed E-state index contributed by atoms with van der Waals surface area (Å²) >= 11 is 6.47. The van der Waals surface area contributed by atoms with Crippen LogP contribution in [0.25, 0.3) is 0 Å². The molecule has 0 aliphatic heterocycles. The number of aliphatic hydroxyl groups excluding tert-OH is 2. The maximum absolute atomic E-state index is 12.4. The lowest BCUT2D eigenvalue weighted by Crippen LogP contribution is -2.14. The van der Waals surface area contributed by atoms with Crippen molar-refractivity contribution in [3.63, 3.8) is 0 Å². The van der Waals surface area contributed by atoms with Gasteiger partial charge >= 0.3 is 5.97 Å². The highest BCUT2D eigenvalue weighted by Crippen LogP contribution is 2.45. The van der Waals surface area contributed by atoms with Crippen molar-refractivity contribution in [1.82, 2.24) is 0 Å². The minimum Gasteiger partial charge on any atom is -0.495 e. The summed E-state index contributed by atoms with van der Waals surface area (Å²) in [5.74, 6) is -0.955. The van der Waals surface area contributed by atoms with Crippen LogP contribution in [0.3, 0.4) is 0 Å². The van der Waals surface area contributed by atoms with Crippen molar-refractivity contribution in [3.05, 3.63) is 81.4 Å². The number of methoxy groups -OCH3 is 1. The zero-order valence-electron chi connectivity index (χ0n) is 21.7. The fourth-order valence-corrected chi connectivity index (χ4v) is 4.26. The smallest absolute Gasteiger partial charge is 0.343 e. The van der Waals surface area contributed by atoms with Crippen LogP contribution < -0.4 is 14.2 Å². The number of halogens is 1. The molecule has 0 saturated carbocycles. The van der Waals surface area contributed by atoms with Gasteiger partial charge in [0.25, 0.3) is 0 Å². The van der Waals surface area contributed by atoms with E-state index >= 15 is 0 Å². The normalized spacial score (nSPS) is 12.2. The van der Waals surface area contributed by atoms with Crippen LogP contribution in [0.1, 0.15) is 65.9 Å². The highest BCUT2D eigenvalue weighted by molar-refractivity contribution is 6.32. The first-order valence-electron chi connectivity index (χ1n) is 11.9. The highest BCUT2D eigenvalue weighted by Gasteiger charge is 2.29. The molecule has 0 amide bonds. The van der Waals surface area contributed by atoms with Crippen molar-refractivity contribution in [1.29, 1.82) is 0 Å². The van der Waals surface area contributed by atoms with Crippen LogP contribution in [0, 0.1) is 12.3 Å². The maximum Gasteiger partial charge on any atom is 0.343 e. The van der Waals surface area contributed by atoms with E-state index in [0.29, 0.717) is 23.3 Å². The molecule has 8 heteroatoms. The van der Waals surface area contributed by atoms with E-state index in [1.54, 1.807) is 19.1 Å².